The average molecular weight is 486 g/mol. The number of nitrogens with two attached hydrogens (primary N) is 1. The van der Waals surface area contributed by atoms with Crippen LogP contribution in [-0.2, 0) is 0 Å². The predicted octanol–water partition coefficient (Wildman–Crippen LogP) is 4.22. The summed E-state index contributed by atoms with van der Waals surface area (Å²) in [4.78, 5) is 17.8. The molecule has 182 valence electrons. The second-order valence-corrected chi connectivity index (χ2v) is 9.53. The highest BCUT2D eigenvalue weighted by Crippen LogP contribution is 2.44. The van der Waals surface area contributed by atoms with Crippen molar-refractivity contribution >= 4 is 27.5 Å². The number of fused-ring (bicyclic) bond motifs is 2. The molecule has 1 fully saturated rings. The predicted molar refractivity (Wildman–Crippen MR) is 136 cm³/mol. The zero-order valence-corrected chi connectivity index (χ0v) is 19.8. The highest BCUT2D eigenvalue weighted by molar-refractivity contribution is 6.02. The molecule has 3 N–H and O–H groups in total. The Morgan fingerprint density at radius 2 is 1.92 bits per heavy atom. The number of benzene rings is 2. The van der Waals surface area contributed by atoms with Crippen LogP contribution in [0.15, 0.2) is 65.7 Å². The summed E-state index contributed by atoms with van der Waals surface area (Å²) in [5.74, 6) is 0.0203. The van der Waals surface area contributed by atoms with Gasteiger partial charge in [-0.15, -0.1) is 0 Å². The van der Waals surface area contributed by atoms with Gasteiger partial charge in [-0.2, -0.15) is 5.10 Å². The number of ether oxygens (including phenoxy) is 1. The number of pyridine rings is 2. The minimum absolute atomic E-state index is 0.0584. The maximum atomic E-state index is 15.7. The molecule has 9 heteroatoms. The van der Waals surface area contributed by atoms with Crippen LogP contribution < -0.4 is 16.0 Å². The van der Waals surface area contributed by atoms with Gasteiger partial charge in [0.25, 0.3) is 5.56 Å². The molecule has 36 heavy (non-hydrogen) atoms. The van der Waals surface area contributed by atoms with Gasteiger partial charge >= 0.3 is 0 Å². The summed E-state index contributed by atoms with van der Waals surface area (Å²) in [6.07, 6.45) is 4.18. The van der Waals surface area contributed by atoms with Crippen molar-refractivity contribution in [3.05, 3.63) is 77.1 Å². The SMILES string of the molecule is COc1cn(-c2ccccc2)c(=O)c2cc(-c3nn(C4CC(C)(O)C4)c4ccnc(N)c34)c(F)cc12. The Labute approximate surface area is 205 Å². The third-order valence-electron chi connectivity index (χ3n) is 6.92. The topological polar surface area (TPSA) is 108 Å². The summed E-state index contributed by atoms with van der Waals surface area (Å²) in [5.41, 5.74) is 6.95. The highest BCUT2D eigenvalue weighted by Gasteiger charge is 2.41. The maximum Gasteiger partial charge on any atom is 0.263 e. The van der Waals surface area contributed by atoms with E-state index in [-0.39, 0.29) is 28.4 Å². The van der Waals surface area contributed by atoms with Crippen LogP contribution in [0.2, 0.25) is 0 Å². The number of aromatic nitrogens is 4. The Balaban J connectivity index is 1.62. The normalized spacial score (nSPS) is 19.5. The number of rotatable bonds is 4. The van der Waals surface area contributed by atoms with E-state index in [0.717, 1.165) is 0 Å². The lowest BCUT2D eigenvalue weighted by atomic mass is 9.77. The number of hydrogen-bond donors (Lipinski definition) is 2. The quantitative estimate of drug-likeness (QED) is 0.395. The van der Waals surface area contributed by atoms with Gasteiger partial charge < -0.3 is 15.6 Å². The van der Waals surface area contributed by atoms with E-state index < -0.39 is 11.4 Å². The third-order valence-corrected chi connectivity index (χ3v) is 6.92. The van der Waals surface area contributed by atoms with Crippen molar-refractivity contribution in [2.75, 3.05) is 12.8 Å². The first-order chi connectivity index (χ1) is 17.3. The van der Waals surface area contributed by atoms with Crippen LogP contribution in [0.3, 0.4) is 0 Å². The van der Waals surface area contributed by atoms with Crippen LogP contribution >= 0.6 is 0 Å². The van der Waals surface area contributed by atoms with E-state index in [9.17, 15) is 9.90 Å². The molecular formula is C27H24FN5O3. The molecule has 1 aliphatic carbocycles. The van der Waals surface area contributed by atoms with Gasteiger partial charge in [-0.3, -0.25) is 14.0 Å². The van der Waals surface area contributed by atoms with Gasteiger partial charge in [0.1, 0.15) is 23.1 Å². The number of hydrogen-bond acceptors (Lipinski definition) is 6. The number of nitrogen functional groups attached to an aromatic ring is 1. The van der Waals surface area contributed by atoms with Gasteiger partial charge in [0.2, 0.25) is 0 Å². The molecule has 6 rings (SSSR count). The molecule has 0 radical (unpaired) electrons. The van der Waals surface area contributed by atoms with Gasteiger partial charge in [-0.25, -0.2) is 9.37 Å². The lowest BCUT2D eigenvalue weighted by Crippen LogP contribution is -2.42. The zero-order chi connectivity index (χ0) is 25.2. The molecule has 5 aromatic rings. The number of para-hydroxylation sites is 1. The van der Waals surface area contributed by atoms with Crippen LogP contribution in [0.4, 0.5) is 10.2 Å². The molecule has 1 aliphatic rings. The van der Waals surface area contributed by atoms with Gasteiger partial charge in [0, 0.05) is 22.8 Å². The molecule has 2 aromatic carbocycles. The summed E-state index contributed by atoms with van der Waals surface area (Å²) in [6, 6.07) is 13.7. The number of anilines is 1. The van der Waals surface area contributed by atoms with Crippen molar-refractivity contribution in [3.63, 3.8) is 0 Å². The smallest absolute Gasteiger partial charge is 0.263 e. The summed E-state index contributed by atoms with van der Waals surface area (Å²) >= 11 is 0. The first-order valence-electron chi connectivity index (χ1n) is 11.6. The number of methoxy groups -OCH3 is 1. The molecule has 0 spiro atoms. The molecule has 1 saturated carbocycles. The number of halogens is 1. The fraction of sp³-hybridized carbons (Fsp3) is 0.222. The lowest BCUT2D eigenvalue weighted by molar-refractivity contribution is -0.0529. The van der Waals surface area contributed by atoms with Gasteiger partial charge in [0.05, 0.1) is 41.2 Å². The second-order valence-electron chi connectivity index (χ2n) is 9.53. The first kappa shape index (κ1) is 22.2. The molecule has 0 bridgehead atoms. The first-order valence-corrected chi connectivity index (χ1v) is 11.6. The summed E-state index contributed by atoms with van der Waals surface area (Å²) < 4.78 is 24.4. The van der Waals surface area contributed by atoms with Crippen molar-refractivity contribution in [2.45, 2.75) is 31.4 Å². The van der Waals surface area contributed by atoms with Crippen molar-refractivity contribution in [1.82, 2.24) is 19.3 Å². The van der Waals surface area contributed by atoms with E-state index in [2.05, 4.69) is 4.98 Å². The summed E-state index contributed by atoms with van der Waals surface area (Å²) in [6.45, 7) is 1.78. The molecule has 3 aromatic heterocycles. The van der Waals surface area contributed by atoms with Crippen LogP contribution in [0.1, 0.15) is 25.8 Å². The van der Waals surface area contributed by atoms with Gasteiger partial charge in [-0.1, -0.05) is 18.2 Å². The van der Waals surface area contributed by atoms with Crippen molar-refractivity contribution in [3.8, 4) is 22.7 Å². The van der Waals surface area contributed by atoms with E-state index in [1.165, 1.54) is 23.8 Å². The number of nitrogens with zero attached hydrogens (tertiary/aromatic N) is 4. The second kappa shape index (κ2) is 7.89. The van der Waals surface area contributed by atoms with E-state index >= 15 is 4.39 Å². The van der Waals surface area contributed by atoms with E-state index in [1.54, 1.807) is 30.1 Å². The monoisotopic (exact) mass is 485 g/mol. The molecule has 0 amide bonds. The van der Waals surface area contributed by atoms with Crippen molar-refractivity contribution < 1.29 is 14.2 Å². The zero-order valence-electron chi connectivity index (χ0n) is 19.8. The van der Waals surface area contributed by atoms with Gasteiger partial charge in [-0.05, 0) is 50.1 Å². The standard InChI is InChI=1S/C27H24FN5O3/c1-27(35)12-16(13-27)33-21-8-9-30-25(29)23(21)24(31-33)19-10-18-17(11-20(19)28)22(36-2)14-32(26(18)34)15-6-4-3-5-7-15/h3-11,14,16,35H,12-13H2,1-2H3,(H2,29,30). The van der Waals surface area contributed by atoms with Gasteiger partial charge in [0.15, 0.2) is 0 Å². The molecular weight excluding hydrogens is 461 g/mol. The van der Waals surface area contributed by atoms with Crippen molar-refractivity contribution in [1.29, 1.82) is 0 Å². The Morgan fingerprint density at radius 1 is 1.17 bits per heavy atom. The summed E-state index contributed by atoms with van der Waals surface area (Å²) in [5, 5.41) is 16.2. The van der Waals surface area contributed by atoms with Crippen LogP contribution in [0, 0.1) is 5.82 Å². The van der Waals surface area contributed by atoms with E-state index in [4.69, 9.17) is 15.6 Å². The molecule has 0 unspecified atom stereocenters. The fourth-order valence-corrected chi connectivity index (χ4v) is 5.16. The highest BCUT2D eigenvalue weighted by atomic mass is 19.1. The fourth-order valence-electron chi connectivity index (χ4n) is 5.16. The largest absolute Gasteiger partial charge is 0.495 e. The number of aliphatic hydroxyl groups is 1. The van der Waals surface area contributed by atoms with Crippen LogP contribution in [0.25, 0.3) is 38.6 Å². The summed E-state index contributed by atoms with van der Waals surface area (Å²) in [7, 11) is 1.48. The van der Waals surface area contributed by atoms with Crippen LogP contribution in [-0.4, -0.2) is 37.1 Å². The Hall–Kier alpha value is -4.24. The Bertz CT molecular complexity index is 1700. The van der Waals surface area contributed by atoms with Crippen molar-refractivity contribution in [2.24, 2.45) is 0 Å². The Morgan fingerprint density at radius 3 is 2.61 bits per heavy atom. The van der Waals surface area contributed by atoms with E-state index in [1.807, 2.05) is 30.3 Å². The lowest BCUT2D eigenvalue weighted by Gasteiger charge is -2.41. The van der Waals surface area contributed by atoms with E-state index in [0.29, 0.717) is 46.3 Å². The molecule has 0 aliphatic heterocycles. The maximum absolute atomic E-state index is 15.7. The minimum Gasteiger partial charge on any atom is -0.495 e. The Kier molecular flexibility index (Phi) is 4.87. The minimum atomic E-state index is -0.769. The molecule has 8 nitrogen and oxygen atoms in total. The van der Waals surface area contributed by atoms with Crippen LogP contribution in [0.5, 0.6) is 5.75 Å². The molecule has 0 atom stereocenters. The average Bonchev–Trinajstić information content (AvgIpc) is 3.23. The molecule has 3 heterocycles. The third kappa shape index (κ3) is 3.35. The molecule has 0 saturated heterocycles.